The van der Waals surface area contributed by atoms with Gasteiger partial charge in [0.1, 0.15) is 17.3 Å². The number of carbonyl (C=O) groups is 1. The zero-order chi connectivity index (χ0) is 33.4. The first kappa shape index (κ1) is 39.0. The molecule has 1 fully saturated rings. The molecule has 1 aliphatic rings. The van der Waals surface area contributed by atoms with Crippen molar-refractivity contribution in [3.05, 3.63) is 69.0 Å². The number of likely N-dealkylation sites (tertiary alicyclic amines) is 1. The molecule has 0 spiro atoms. The third kappa shape index (κ3) is 11.0. The summed E-state index contributed by atoms with van der Waals surface area (Å²) in [6, 6.07) is 12.4. The summed E-state index contributed by atoms with van der Waals surface area (Å²) < 4.78 is 27.1. The molecule has 2 aromatic carbocycles. The molecule has 2 aromatic rings. The van der Waals surface area contributed by atoms with Crippen LogP contribution >= 0.6 is 11.8 Å². The molecule has 0 saturated carbocycles. The number of hydrogen-bond donors (Lipinski definition) is 0. The van der Waals surface area contributed by atoms with Crippen LogP contribution < -0.4 is 9.47 Å². The van der Waals surface area contributed by atoms with Crippen LogP contribution in [-0.2, 0) is 17.5 Å². The number of aldehydes is 1. The van der Waals surface area contributed by atoms with E-state index in [0.717, 1.165) is 79.0 Å². The molecule has 0 radical (unpaired) electrons. The van der Waals surface area contributed by atoms with Crippen molar-refractivity contribution >= 4 is 29.0 Å². The summed E-state index contributed by atoms with van der Waals surface area (Å²) >= 11 is 1.55. The molecule has 0 aliphatic carbocycles. The van der Waals surface area contributed by atoms with Gasteiger partial charge in [0, 0.05) is 31.7 Å². The van der Waals surface area contributed by atoms with Crippen molar-refractivity contribution in [1.82, 2.24) is 14.1 Å². The van der Waals surface area contributed by atoms with Gasteiger partial charge in [0.2, 0.25) is 0 Å². The fourth-order valence-electron chi connectivity index (χ4n) is 6.06. The molecule has 0 amide bonds. The quantitative estimate of drug-likeness (QED) is 0.160. The van der Waals surface area contributed by atoms with Gasteiger partial charge < -0.3 is 14.4 Å². The number of rotatable bonds is 17. The molecule has 1 heterocycles. The van der Waals surface area contributed by atoms with Gasteiger partial charge in [-0.1, -0.05) is 58.0 Å². The molecule has 45 heavy (non-hydrogen) atoms. The van der Waals surface area contributed by atoms with Crippen LogP contribution in [0.5, 0.6) is 11.5 Å². The maximum absolute atomic E-state index is 13.1. The molecule has 252 valence electrons. The van der Waals surface area contributed by atoms with E-state index in [1.807, 2.05) is 55.7 Å². The Kier molecular flexibility index (Phi) is 18.1. The van der Waals surface area contributed by atoms with Gasteiger partial charge in [-0.3, -0.25) is 9.69 Å². The highest BCUT2D eigenvalue weighted by atomic mass is 32.2. The van der Waals surface area contributed by atoms with Crippen LogP contribution in [0.4, 0.5) is 0 Å². The summed E-state index contributed by atoms with van der Waals surface area (Å²) in [6.07, 6.45) is 9.84. The van der Waals surface area contributed by atoms with Gasteiger partial charge in [0.25, 0.3) is 0 Å². The van der Waals surface area contributed by atoms with Crippen molar-refractivity contribution in [2.75, 3.05) is 60.7 Å². The summed E-state index contributed by atoms with van der Waals surface area (Å²) in [7, 11) is 6.22. The smallest absolute Gasteiger partial charge is 0.161 e. The maximum atomic E-state index is 13.1. The molecule has 7 nitrogen and oxygen atoms in total. The first-order chi connectivity index (χ1) is 21.8. The van der Waals surface area contributed by atoms with E-state index in [4.69, 9.17) is 9.47 Å². The fraction of sp³-hybridized carbons (Fsp3) is 0.583. The molecule has 0 N–H and O–H groups in total. The number of piperidine rings is 1. The highest BCUT2D eigenvalue weighted by Gasteiger charge is 2.26. The lowest BCUT2D eigenvalue weighted by Gasteiger charge is -2.34. The van der Waals surface area contributed by atoms with E-state index in [0.29, 0.717) is 30.5 Å². The van der Waals surface area contributed by atoms with Crippen LogP contribution in [0.2, 0.25) is 0 Å². The summed E-state index contributed by atoms with van der Waals surface area (Å²) in [5.74, 6) is 1.85. The van der Waals surface area contributed by atoms with Gasteiger partial charge in [-0.05, 0) is 99.8 Å². The molecule has 1 saturated heterocycles. The SMILES string of the molecule is CC.CC/C=C(\SC)S(=O)N(C)CCCC(c1ccc(OC)c(OC)c1)N(C)Cc1c(C=O)cccc1C1CCN(CC)CC1. The number of methoxy groups -OCH3 is 2. The lowest BCUT2D eigenvalue weighted by atomic mass is 9.84. The molecule has 1 aliphatic heterocycles. The molecule has 2 unspecified atom stereocenters. The molecule has 0 aromatic heterocycles. The summed E-state index contributed by atoms with van der Waals surface area (Å²) in [5, 5.41) is 0. The monoisotopic (exact) mass is 659 g/mol. The summed E-state index contributed by atoms with van der Waals surface area (Å²) in [5.41, 5.74) is 4.34. The van der Waals surface area contributed by atoms with Crippen molar-refractivity contribution in [2.45, 2.75) is 78.3 Å². The predicted molar refractivity (Wildman–Crippen MR) is 193 cm³/mol. The minimum absolute atomic E-state index is 0.0577. The highest BCUT2D eigenvalue weighted by Crippen LogP contribution is 2.37. The Balaban J connectivity index is 0.00000345. The molecule has 0 bridgehead atoms. The van der Waals surface area contributed by atoms with Crippen molar-refractivity contribution in [1.29, 1.82) is 0 Å². The zero-order valence-corrected chi connectivity index (χ0v) is 30.8. The number of nitrogens with zero attached hydrogens (tertiary/aromatic N) is 3. The van der Waals surface area contributed by atoms with Gasteiger partial charge in [0.05, 0.1) is 18.5 Å². The van der Waals surface area contributed by atoms with Crippen molar-refractivity contribution in [3.8, 4) is 11.5 Å². The Morgan fingerprint density at radius 3 is 2.36 bits per heavy atom. The Bertz CT molecular complexity index is 1230. The van der Waals surface area contributed by atoms with Crippen molar-refractivity contribution in [2.24, 2.45) is 0 Å². The molecule has 2 atom stereocenters. The van der Waals surface area contributed by atoms with Gasteiger partial charge in [-0.2, -0.15) is 0 Å². The van der Waals surface area contributed by atoms with E-state index in [2.05, 4.69) is 48.9 Å². The second-order valence-corrected chi connectivity index (χ2v) is 13.8. The third-order valence-electron chi connectivity index (χ3n) is 8.56. The van der Waals surface area contributed by atoms with E-state index in [1.165, 1.54) is 5.56 Å². The van der Waals surface area contributed by atoms with Crippen LogP contribution in [0.25, 0.3) is 0 Å². The predicted octanol–water partition coefficient (Wildman–Crippen LogP) is 7.91. The van der Waals surface area contributed by atoms with E-state index in [-0.39, 0.29) is 6.04 Å². The molecular formula is C36H57N3O4S2. The van der Waals surface area contributed by atoms with Gasteiger partial charge in [-0.25, -0.2) is 8.51 Å². The molecular weight excluding hydrogens is 603 g/mol. The number of carbonyl (C=O) groups excluding carboxylic acids is 1. The highest BCUT2D eigenvalue weighted by molar-refractivity contribution is 8.15. The number of allylic oxidation sites excluding steroid dienone is 1. The average Bonchev–Trinajstić information content (AvgIpc) is 3.09. The molecule has 3 rings (SSSR count). The Labute approximate surface area is 280 Å². The first-order valence-corrected chi connectivity index (χ1v) is 18.7. The van der Waals surface area contributed by atoms with E-state index in [1.54, 1.807) is 26.0 Å². The normalized spacial score (nSPS) is 15.8. The third-order valence-corrected chi connectivity index (χ3v) is 11.3. The second kappa shape index (κ2) is 20.9. The Morgan fingerprint density at radius 2 is 1.78 bits per heavy atom. The number of hydrogen-bond acceptors (Lipinski definition) is 7. The minimum Gasteiger partial charge on any atom is -0.493 e. The van der Waals surface area contributed by atoms with Crippen LogP contribution in [-0.4, -0.2) is 85.3 Å². The topological polar surface area (TPSA) is 62.3 Å². The fourth-order valence-corrected chi connectivity index (χ4v) is 8.25. The van der Waals surface area contributed by atoms with Gasteiger partial charge in [0.15, 0.2) is 11.5 Å². The van der Waals surface area contributed by atoms with E-state index >= 15 is 0 Å². The first-order valence-electron chi connectivity index (χ1n) is 16.4. The van der Waals surface area contributed by atoms with E-state index in [9.17, 15) is 9.00 Å². The number of benzene rings is 2. The van der Waals surface area contributed by atoms with Gasteiger partial charge in [-0.15, -0.1) is 11.8 Å². The van der Waals surface area contributed by atoms with Crippen molar-refractivity contribution < 1.29 is 18.5 Å². The van der Waals surface area contributed by atoms with E-state index < -0.39 is 11.0 Å². The summed E-state index contributed by atoms with van der Waals surface area (Å²) in [6.45, 7) is 12.9. The van der Waals surface area contributed by atoms with Crippen LogP contribution in [0.3, 0.4) is 0 Å². The van der Waals surface area contributed by atoms with Crippen LogP contribution in [0, 0.1) is 0 Å². The van der Waals surface area contributed by atoms with Crippen LogP contribution in [0.1, 0.15) is 98.8 Å². The standard InChI is InChI=1S/C34H51N3O4S2.C2H6/c1-8-12-34(42-7)43(39)36(4)20-11-15-31(27-16-17-32(40-5)33(23-27)41-6)35(3)24-30-28(25-38)13-10-14-29(30)26-18-21-37(9-2)22-19-26;1-2/h10,12-14,16-17,23,25-26,31H,8-9,11,15,18-22,24H2,1-7H3;1-2H3/b34-12+;. The average molecular weight is 660 g/mol. The Morgan fingerprint density at radius 1 is 1.09 bits per heavy atom. The minimum atomic E-state index is -1.16. The van der Waals surface area contributed by atoms with Crippen molar-refractivity contribution in [3.63, 3.8) is 0 Å². The second-order valence-electron chi connectivity index (χ2n) is 11.2. The lowest BCUT2D eigenvalue weighted by molar-refractivity contribution is 0.112. The summed E-state index contributed by atoms with van der Waals surface area (Å²) in [4.78, 5) is 17.1. The zero-order valence-electron chi connectivity index (χ0n) is 29.1. The van der Waals surface area contributed by atoms with Crippen LogP contribution in [0.15, 0.2) is 46.7 Å². The maximum Gasteiger partial charge on any atom is 0.161 e. The number of ether oxygens (including phenoxy) is 2. The number of thioether (sulfide) groups is 1. The Hall–Kier alpha value is -2.17. The van der Waals surface area contributed by atoms with Gasteiger partial charge >= 0.3 is 0 Å². The molecule has 9 heteroatoms. The lowest BCUT2D eigenvalue weighted by Crippen LogP contribution is -2.33. The largest absolute Gasteiger partial charge is 0.493 e.